The number of carbonyl (C=O) groups excluding carboxylic acids is 1. The predicted octanol–water partition coefficient (Wildman–Crippen LogP) is 2.40. The molecule has 0 bridgehead atoms. The molecule has 1 aliphatic carbocycles. The van der Waals surface area contributed by atoms with Gasteiger partial charge in [-0.1, -0.05) is 26.7 Å². The van der Waals surface area contributed by atoms with E-state index in [-0.39, 0.29) is 5.92 Å². The van der Waals surface area contributed by atoms with Crippen LogP contribution < -0.4 is 5.73 Å². The van der Waals surface area contributed by atoms with Gasteiger partial charge in [-0.3, -0.25) is 4.79 Å². The molecule has 1 heterocycles. The van der Waals surface area contributed by atoms with E-state index < -0.39 is 0 Å². The standard InChI is InChI=1S/C15H28N2O/c1-11(2)9-13(10-16)15(18)17-8-7-12-5-3-4-6-14(12)17/h11-14H,3-10,16H2,1-2H3. The number of fused-ring (bicyclic) bond motifs is 1. The van der Waals surface area contributed by atoms with Crippen LogP contribution in [0.4, 0.5) is 0 Å². The van der Waals surface area contributed by atoms with Crippen molar-refractivity contribution >= 4 is 5.91 Å². The summed E-state index contributed by atoms with van der Waals surface area (Å²) in [5.74, 6) is 1.71. The van der Waals surface area contributed by atoms with E-state index in [1.54, 1.807) is 0 Å². The Labute approximate surface area is 111 Å². The van der Waals surface area contributed by atoms with Gasteiger partial charge in [-0.05, 0) is 37.5 Å². The summed E-state index contributed by atoms with van der Waals surface area (Å²) in [6.45, 7) is 5.82. The van der Waals surface area contributed by atoms with E-state index in [4.69, 9.17) is 5.73 Å². The number of hydrogen-bond donors (Lipinski definition) is 1. The van der Waals surface area contributed by atoms with Gasteiger partial charge in [0.2, 0.25) is 5.91 Å². The van der Waals surface area contributed by atoms with E-state index in [1.165, 1.54) is 32.1 Å². The van der Waals surface area contributed by atoms with Crippen LogP contribution >= 0.6 is 0 Å². The van der Waals surface area contributed by atoms with Gasteiger partial charge in [-0.25, -0.2) is 0 Å². The Kier molecular flexibility index (Phi) is 4.66. The molecule has 1 saturated heterocycles. The van der Waals surface area contributed by atoms with E-state index in [9.17, 15) is 4.79 Å². The zero-order chi connectivity index (χ0) is 13.1. The van der Waals surface area contributed by atoms with Gasteiger partial charge < -0.3 is 10.6 Å². The Balaban J connectivity index is 1.99. The topological polar surface area (TPSA) is 46.3 Å². The Morgan fingerprint density at radius 3 is 2.67 bits per heavy atom. The molecule has 0 spiro atoms. The van der Waals surface area contributed by atoms with E-state index >= 15 is 0 Å². The van der Waals surface area contributed by atoms with Crippen LogP contribution in [0.2, 0.25) is 0 Å². The first kappa shape index (κ1) is 13.9. The van der Waals surface area contributed by atoms with Gasteiger partial charge in [0.25, 0.3) is 0 Å². The van der Waals surface area contributed by atoms with E-state index in [0.717, 1.165) is 18.9 Å². The highest BCUT2D eigenvalue weighted by Gasteiger charge is 2.39. The summed E-state index contributed by atoms with van der Waals surface area (Å²) in [6.07, 6.45) is 7.35. The molecule has 18 heavy (non-hydrogen) atoms. The zero-order valence-electron chi connectivity index (χ0n) is 11.9. The Morgan fingerprint density at radius 1 is 1.28 bits per heavy atom. The maximum atomic E-state index is 12.6. The minimum absolute atomic E-state index is 0.0469. The third-order valence-corrected chi connectivity index (χ3v) is 4.68. The Bertz CT molecular complexity index is 290. The average molecular weight is 252 g/mol. The third-order valence-electron chi connectivity index (χ3n) is 4.68. The molecule has 2 N–H and O–H groups in total. The zero-order valence-corrected chi connectivity index (χ0v) is 11.9. The van der Waals surface area contributed by atoms with Gasteiger partial charge in [0.15, 0.2) is 0 Å². The highest BCUT2D eigenvalue weighted by atomic mass is 16.2. The lowest BCUT2D eigenvalue weighted by atomic mass is 9.85. The molecule has 0 radical (unpaired) electrons. The van der Waals surface area contributed by atoms with Gasteiger partial charge in [-0.2, -0.15) is 0 Å². The smallest absolute Gasteiger partial charge is 0.227 e. The number of hydrogen-bond acceptors (Lipinski definition) is 2. The molecule has 1 amide bonds. The van der Waals surface area contributed by atoms with Crippen molar-refractivity contribution in [3.05, 3.63) is 0 Å². The van der Waals surface area contributed by atoms with Crippen LogP contribution in [0.15, 0.2) is 0 Å². The largest absolute Gasteiger partial charge is 0.339 e. The second kappa shape index (κ2) is 6.05. The fourth-order valence-corrected chi connectivity index (χ4v) is 3.78. The van der Waals surface area contributed by atoms with Crippen LogP contribution in [0.1, 0.15) is 52.4 Å². The molecule has 1 saturated carbocycles. The maximum Gasteiger partial charge on any atom is 0.227 e. The lowest BCUT2D eigenvalue weighted by Crippen LogP contribution is -2.44. The van der Waals surface area contributed by atoms with Gasteiger partial charge in [0.05, 0.1) is 5.92 Å². The van der Waals surface area contributed by atoms with Gasteiger partial charge in [0, 0.05) is 19.1 Å². The molecule has 0 aromatic rings. The predicted molar refractivity (Wildman–Crippen MR) is 74.1 cm³/mol. The number of rotatable bonds is 4. The molecular formula is C15H28N2O. The van der Waals surface area contributed by atoms with Crippen LogP contribution in [-0.4, -0.2) is 29.9 Å². The van der Waals surface area contributed by atoms with Gasteiger partial charge in [0.1, 0.15) is 0 Å². The number of carbonyl (C=O) groups is 1. The van der Waals surface area contributed by atoms with Crippen LogP contribution in [0.5, 0.6) is 0 Å². The summed E-state index contributed by atoms with van der Waals surface area (Å²) in [6, 6.07) is 0.535. The van der Waals surface area contributed by atoms with E-state index in [1.807, 2.05) is 0 Å². The van der Waals surface area contributed by atoms with Crippen LogP contribution in [0, 0.1) is 17.8 Å². The Morgan fingerprint density at radius 2 is 2.00 bits per heavy atom. The first-order chi connectivity index (χ1) is 8.63. The van der Waals surface area contributed by atoms with Crippen molar-refractivity contribution in [2.45, 2.75) is 58.4 Å². The minimum atomic E-state index is 0.0469. The lowest BCUT2D eigenvalue weighted by Gasteiger charge is -2.34. The second-order valence-corrected chi connectivity index (χ2v) is 6.49. The molecule has 2 rings (SSSR count). The van der Waals surface area contributed by atoms with E-state index in [2.05, 4.69) is 18.7 Å². The quantitative estimate of drug-likeness (QED) is 0.835. The number of nitrogens with zero attached hydrogens (tertiary/aromatic N) is 1. The van der Waals surface area contributed by atoms with Crippen molar-refractivity contribution in [1.82, 2.24) is 4.90 Å². The highest BCUT2D eigenvalue weighted by molar-refractivity contribution is 5.79. The van der Waals surface area contributed by atoms with Gasteiger partial charge >= 0.3 is 0 Å². The number of nitrogens with two attached hydrogens (primary N) is 1. The van der Waals surface area contributed by atoms with Crippen molar-refractivity contribution in [2.24, 2.45) is 23.5 Å². The molecule has 2 aliphatic rings. The van der Waals surface area contributed by atoms with E-state index in [0.29, 0.717) is 24.4 Å². The number of amides is 1. The van der Waals surface area contributed by atoms with Crippen molar-refractivity contribution in [3.8, 4) is 0 Å². The monoisotopic (exact) mass is 252 g/mol. The van der Waals surface area contributed by atoms with Gasteiger partial charge in [-0.15, -0.1) is 0 Å². The molecule has 0 aromatic heterocycles. The normalized spacial score (nSPS) is 29.4. The fourth-order valence-electron chi connectivity index (χ4n) is 3.78. The molecule has 3 nitrogen and oxygen atoms in total. The summed E-state index contributed by atoms with van der Waals surface area (Å²) in [5, 5.41) is 0. The first-order valence-corrected chi connectivity index (χ1v) is 7.64. The summed E-state index contributed by atoms with van der Waals surface area (Å²) >= 11 is 0. The number of likely N-dealkylation sites (tertiary alicyclic amines) is 1. The third kappa shape index (κ3) is 2.87. The van der Waals surface area contributed by atoms with Crippen molar-refractivity contribution in [1.29, 1.82) is 0 Å². The summed E-state index contributed by atoms with van der Waals surface area (Å²) in [4.78, 5) is 14.8. The first-order valence-electron chi connectivity index (χ1n) is 7.64. The SMILES string of the molecule is CC(C)CC(CN)C(=O)N1CCC2CCCCC21. The average Bonchev–Trinajstić information content (AvgIpc) is 2.78. The molecule has 3 atom stereocenters. The molecule has 1 aliphatic heterocycles. The molecule has 3 unspecified atom stereocenters. The minimum Gasteiger partial charge on any atom is -0.339 e. The Hall–Kier alpha value is -0.570. The summed E-state index contributed by atoms with van der Waals surface area (Å²) < 4.78 is 0. The fraction of sp³-hybridized carbons (Fsp3) is 0.933. The summed E-state index contributed by atoms with van der Waals surface area (Å²) in [7, 11) is 0. The molecule has 104 valence electrons. The van der Waals surface area contributed by atoms with Crippen molar-refractivity contribution in [2.75, 3.05) is 13.1 Å². The van der Waals surface area contributed by atoms with Crippen molar-refractivity contribution in [3.63, 3.8) is 0 Å². The molecule has 2 fully saturated rings. The van der Waals surface area contributed by atoms with Crippen LogP contribution in [-0.2, 0) is 4.79 Å². The maximum absolute atomic E-state index is 12.6. The van der Waals surface area contributed by atoms with Crippen molar-refractivity contribution < 1.29 is 4.79 Å². The highest BCUT2D eigenvalue weighted by Crippen LogP contribution is 2.37. The lowest BCUT2D eigenvalue weighted by molar-refractivity contribution is -0.137. The summed E-state index contributed by atoms with van der Waals surface area (Å²) in [5.41, 5.74) is 5.81. The second-order valence-electron chi connectivity index (χ2n) is 6.49. The molecule has 0 aromatic carbocycles. The molecule has 3 heteroatoms. The van der Waals surface area contributed by atoms with Crippen LogP contribution in [0.25, 0.3) is 0 Å². The molecular weight excluding hydrogens is 224 g/mol. The van der Waals surface area contributed by atoms with Crippen LogP contribution in [0.3, 0.4) is 0 Å².